The number of aliphatic hydroxyl groups excluding tert-OH is 1. The molecule has 0 aliphatic carbocycles. The monoisotopic (exact) mass is 308 g/mol. The van der Waals surface area contributed by atoms with Gasteiger partial charge in [-0.1, -0.05) is 13.8 Å². The van der Waals surface area contributed by atoms with Crippen LogP contribution in [0.3, 0.4) is 0 Å². The van der Waals surface area contributed by atoms with Crippen molar-refractivity contribution >= 4 is 11.7 Å². The summed E-state index contributed by atoms with van der Waals surface area (Å²) in [6.07, 6.45) is 0.253. The summed E-state index contributed by atoms with van der Waals surface area (Å²) < 4.78 is 5.47. The molecular weight excluding hydrogens is 280 g/mol. The van der Waals surface area contributed by atoms with Crippen molar-refractivity contribution in [3.8, 4) is 5.75 Å². The van der Waals surface area contributed by atoms with Gasteiger partial charge in [0.05, 0.1) is 12.7 Å². The molecule has 0 saturated heterocycles. The molecule has 3 N–H and O–H groups in total. The molecule has 1 atom stereocenters. The Morgan fingerprint density at radius 2 is 2.09 bits per heavy atom. The van der Waals surface area contributed by atoms with E-state index in [0.29, 0.717) is 19.6 Å². The predicted octanol–water partition coefficient (Wildman–Crippen LogP) is 3.31. The Morgan fingerprint density at radius 3 is 2.64 bits per heavy atom. The molecule has 0 aromatic heterocycles. The van der Waals surface area contributed by atoms with Gasteiger partial charge in [-0.05, 0) is 56.4 Å². The number of benzene rings is 1. The number of anilines is 1. The Labute approximate surface area is 133 Å². The molecular formula is C17H28N2O3. The van der Waals surface area contributed by atoms with E-state index >= 15 is 0 Å². The van der Waals surface area contributed by atoms with Crippen LogP contribution in [-0.4, -0.2) is 30.4 Å². The number of aryl methyl sites for hydroxylation is 1. The standard InChI is InChI=1S/C17H28N2O3/c1-6-22-15-8-7-14(9-12(15)2)19-16(21)18-11-17(4,5)10-13(3)20/h7-9,13,20H,6,10-11H2,1-5H3,(H2,18,19,21). The number of carbonyl (C=O) groups excluding carboxylic acids is 1. The maximum Gasteiger partial charge on any atom is 0.319 e. The third-order valence-corrected chi connectivity index (χ3v) is 3.31. The lowest BCUT2D eigenvalue weighted by molar-refractivity contribution is 0.129. The molecule has 124 valence electrons. The first-order valence-electron chi connectivity index (χ1n) is 7.70. The number of urea groups is 1. The Kier molecular flexibility index (Phi) is 6.68. The molecule has 5 heteroatoms. The molecule has 1 aromatic rings. The number of hydrogen-bond donors (Lipinski definition) is 3. The topological polar surface area (TPSA) is 70.6 Å². The van der Waals surface area contributed by atoms with Crippen LogP contribution in [0.2, 0.25) is 0 Å². The number of aliphatic hydroxyl groups is 1. The van der Waals surface area contributed by atoms with Crippen LogP contribution in [-0.2, 0) is 0 Å². The van der Waals surface area contributed by atoms with Crippen molar-refractivity contribution in [2.75, 3.05) is 18.5 Å². The lowest BCUT2D eigenvalue weighted by Crippen LogP contribution is -2.38. The van der Waals surface area contributed by atoms with Gasteiger partial charge in [-0.15, -0.1) is 0 Å². The highest BCUT2D eigenvalue weighted by molar-refractivity contribution is 5.89. The first kappa shape index (κ1) is 18.3. The zero-order valence-electron chi connectivity index (χ0n) is 14.2. The SMILES string of the molecule is CCOc1ccc(NC(=O)NCC(C)(C)CC(C)O)cc1C. The maximum absolute atomic E-state index is 12.0. The van der Waals surface area contributed by atoms with Gasteiger partial charge in [0.2, 0.25) is 0 Å². The summed E-state index contributed by atoms with van der Waals surface area (Å²) >= 11 is 0. The third kappa shape index (κ3) is 6.35. The van der Waals surface area contributed by atoms with E-state index in [2.05, 4.69) is 10.6 Å². The van der Waals surface area contributed by atoms with Crippen molar-refractivity contribution in [3.05, 3.63) is 23.8 Å². The highest BCUT2D eigenvalue weighted by Gasteiger charge is 2.21. The number of hydrogen-bond acceptors (Lipinski definition) is 3. The molecule has 0 radical (unpaired) electrons. The molecule has 1 rings (SSSR count). The highest BCUT2D eigenvalue weighted by atomic mass is 16.5. The molecule has 5 nitrogen and oxygen atoms in total. The lowest BCUT2D eigenvalue weighted by Gasteiger charge is -2.26. The minimum atomic E-state index is -0.381. The third-order valence-electron chi connectivity index (χ3n) is 3.31. The molecule has 0 aliphatic rings. The van der Waals surface area contributed by atoms with E-state index < -0.39 is 0 Å². The van der Waals surface area contributed by atoms with E-state index in [1.54, 1.807) is 6.92 Å². The quantitative estimate of drug-likeness (QED) is 0.723. The summed E-state index contributed by atoms with van der Waals surface area (Å²) in [5.74, 6) is 0.825. The second-order valence-corrected chi connectivity index (χ2v) is 6.44. The van der Waals surface area contributed by atoms with Crippen molar-refractivity contribution in [1.29, 1.82) is 0 Å². The van der Waals surface area contributed by atoms with Crippen LogP contribution >= 0.6 is 0 Å². The summed E-state index contributed by atoms with van der Waals surface area (Å²) in [6.45, 7) is 10.8. The first-order valence-corrected chi connectivity index (χ1v) is 7.70. The number of nitrogens with one attached hydrogen (secondary N) is 2. The van der Waals surface area contributed by atoms with Gasteiger partial charge in [0.15, 0.2) is 0 Å². The molecule has 1 unspecified atom stereocenters. The molecule has 0 saturated carbocycles. The average Bonchev–Trinajstić information content (AvgIpc) is 2.38. The van der Waals surface area contributed by atoms with Gasteiger partial charge in [-0.3, -0.25) is 0 Å². The fourth-order valence-corrected chi connectivity index (χ4v) is 2.41. The maximum atomic E-state index is 12.0. The summed E-state index contributed by atoms with van der Waals surface area (Å²) in [6, 6.07) is 5.30. The Balaban J connectivity index is 2.53. The lowest BCUT2D eigenvalue weighted by atomic mass is 9.87. The van der Waals surface area contributed by atoms with Gasteiger partial charge in [0, 0.05) is 12.2 Å². The van der Waals surface area contributed by atoms with Crippen LogP contribution in [0.1, 0.15) is 39.7 Å². The van der Waals surface area contributed by atoms with E-state index in [1.807, 2.05) is 45.9 Å². The van der Waals surface area contributed by atoms with E-state index in [9.17, 15) is 9.90 Å². The first-order chi connectivity index (χ1) is 10.2. The summed E-state index contributed by atoms with van der Waals surface area (Å²) in [5, 5.41) is 15.1. The van der Waals surface area contributed by atoms with Crippen molar-refractivity contribution in [2.24, 2.45) is 5.41 Å². The Hall–Kier alpha value is -1.75. The zero-order chi connectivity index (χ0) is 16.8. The number of ether oxygens (including phenoxy) is 1. The molecule has 0 heterocycles. The van der Waals surface area contributed by atoms with Crippen LogP contribution in [0.25, 0.3) is 0 Å². The molecule has 1 aromatic carbocycles. The van der Waals surface area contributed by atoms with Crippen molar-refractivity contribution in [2.45, 2.75) is 47.1 Å². The van der Waals surface area contributed by atoms with Crippen LogP contribution in [0.4, 0.5) is 10.5 Å². The largest absolute Gasteiger partial charge is 0.494 e. The average molecular weight is 308 g/mol. The summed E-state index contributed by atoms with van der Waals surface area (Å²) in [7, 11) is 0. The van der Waals surface area contributed by atoms with E-state index in [-0.39, 0.29) is 17.6 Å². The molecule has 0 spiro atoms. The van der Waals surface area contributed by atoms with Crippen molar-refractivity contribution < 1.29 is 14.6 Å². The summed E-state index contributed by atoms with van der Waals surface area (Å²) in [4.78, 5) is 12.0. The molecule has 22 heavy (non-hydrogen) atoms. The van der Waals surface area contributed by atoms with Gasteiger partial charge >= 0.3 is 6.03 Å². The van der Waals surface area contributed by atoms with Gasteiger partial charge in [-0.25, -0.2) is 4.79 Å². The van der Waals surface area contributed by atoms with E-state index in [1.165, 1.54) is 0 Å². The number of amides is 2. The molecule has 0 fully saturated rings. The highest BCUT2D eigenvalue weighted by Crippen LogP contribution is 2.23. The van der Waals surface area contributed by atoms with Gasteiger partial charge in [0.25, 0.3) is 0 Å². The van der Waals surface area contributed by atoms with E-state index in [0.717, 1.165) is 17.0 Å². The Morgan fingerprint density at radius 1 is 1.41 bits per heavy atom. The second-order valence-electron chi connectivity index (χ2n) is 6.44. The van der Waals surface area contributed by atoms with Crippen LogP contribution in [0, 0.1) is 12.3 Å². The van der Waals surface area contributed by atoms with Crippen molar-refractivity contribution in [3.63, 3.8) is 0 Å². The van der Waals surface area contributed by atoms with Gasteiger partial charge < -0.3 is 20.5 Å². The minimum absolute atomic E-state index is 0.153. The minimum Gasteiger partial charge on any atom is -0.494 e. The molecule has 0 aliphatic heterocycles. The van der Waals surface area contributed by atoms with Gasteiger partial charge in [0.1, 0.15) is 5.75 Å². The predicted molar refractivity (Wildman–Crippen MR) is 89.4 cm³/mol. The molecule has 0 bridgehead atoms. The molecule has 2 amide bonds. The van der Waals surface area contributed by atoms with Crippen LogP contribution in [0.15, 0.2) is 18.2 Å². The fraction of sp³-hybridized carbons (Fsp3) is 0.588. The normalized spacial score (nSPS) is 12.6. The van der Waals surface area contributed by atoms with E-state index in [4.69, 9.17) is 4.74 Å². The van der Waals surface area contributed by atoms with Crippen LogP contribution < -0.4 is 15.4 Å². The summed E-state index contributed by atoms with van der Waals surface area (Å²) in [5.41, 5.74) is 1.56. The van der Waals surface area contributed by atoms with Crippen LogP contribution in [0.5, 0.6) is 5.75 Å². The van der Waals surface area contributed by atoms with Crippen molar-refractivity contribution in [1.82, 2.24) is 5.32 Å². The number of carbonyl (C=O) groups is 1. The number of rotatable bonds is 7. The second kappa shape index (κ2) is 8.03. The smallest absolute Gasteiger partial charge is 0.319 e. The Bertz CT molecular complexity index is 499. The zero-order valence-corrected chi connectivity index (χ0v) is 14.2. The van der Waals surface area contributed by atoms with Gasteiger partial charge in [-0.2, -0.15) is 0 Å². The fourth-order valence-electron chi connectivity index (χ4n) is 2.41.